The minimum absolute atomic E-state index is 0.0392. The fourth-order valence-electron chi connectivity index (χ4n) is 3.45. The van der Waals surface area contributed by atoms with Crippen molar-refractivity contribution < 1.29 is 9.59 Å². The van der Waals surface area contributed by atoms with E-state index in [2.05, 4.69) is 50.4 Å². The summed E-state index contributed by atoms with van der Waals surface area (Å²) in [5, 5.41) is 3.99. The van der Waals surface area contributed by atoms with Crippen LogP contribution in [0.2, 0.25) is 10.0 Å². The highest BCUT2D eigenvalue weighted by atomic mass is 35.5. The van der Waals surface area contributed by atoms with Crippen LogP contribution in [0.5, 0.6) is 0 Å². The van der Waals surface area contributed by atoms with Gasteiger partial charge < -0.3 is 10.2 Å². The van der Waals surface area contributed by atoms with Crippen LogP contribution in [0.15, 0.2) is 42.5 Å². The Morgan fingerprint density at radius 2 is 1.67 bits per heavy atom. The van der Waals surface area contributed by atoms with Gasteiger partial charge in [0.05, 0.1) is 0 Å². The number of halogens is 2. The summed E-state index contributed by atoms with van der Waals surface area (Å²) in [6, 6.07) is 13.0. The Bertz CT molecular complexity index is 952. The molecule has 0 bridgehead atoms. The molecule has 2 atom stereocenters. The molecule has 0 aliphatic carbocycles. The molecular weight excluding hydrogens is 455 g/mol. The smallest absolute Gasteiger partial charge is 0.242 e. The van der Waals surface area contributed by atoms with E-state index < -0.39 is 6.04 Å². The molecule has 0 unspecified atom stereocenters. The summed E-state index contributed by atoms with van der Waals surface area (Å²) >= 11 is 12.4. The van der Waals surface area contributed by atoms with E-state index in [0.717, 1.165) is 17.5 Å². The third-order valence-electron chi connectivity index (χ3n) is 5.97. The molecule has 2 amide bonds. The summed E-state index contributed by atoms with van der Waals surface area (Å²) in [6.07, 6.45) is 1.73. The topological polar surface area (TPSA) is 49.4 Å². The number of aryl methyl sites for hydroxylation is 1. The Labute approximate surface area is 208 Å². The molecule has 33 heavy (non-hydrogen) atoms. The molecule has 2 aromatic carbocycles. The molecular formula is C27H36Cl2N2O2. The minimum Gasteiger partial charge on any atom is -0.352 e. The van der Waals surface area contributed by atoms with Gasteiger partial charge in [0, 0.05) is 29.1 Å². The average molecular weight is 492 g/mol. The number of amides is 2. The van der Waals surface area contributed by atoms with Crippen molar-refractivity contribution in [3.05, 3.63) is 69.2 Å². The first-order valence-electron chi connectivity index (χ1n) is 11.6. The van der Waals surface area contributed by atoms with Gasteiger partial charge in [-0.3, -0.25) is 9.59 Å². The van der Waals surface area contributed by atoms with E-state index in [4.69, 9.17) is 23.2 Å². The minimum atomic E-state index is -0.624. The zero-order valence-electron chi connectivity index (χ0n) is 20.5. The third kappa shape index (κ3) is 8.04. The Morgan fingerprint density at radius 3 is 2.21 bits per heavy atom. The summed E-state index contributed by atoms with van der Waals surface area (Å²) in [5.41, 5.74) is 3.19. The monoisotopic (exact) mass is 490 g/mol. The predicted molar refractivity (Wildman–Crippen MR) is 138 cm³/mol. The molecule has 4 nitrogen and oxygen atoms in total. The van der Waals surface area contributed by atoms with Crippen LogP contribution in [0.3, 0.4) is 0 Å². The second-order valence-corrected chi connectivity index (χ2v) is 10.5. The number of hydrogen-bond acceptors (Lipinski definition) is 2. The van der Waals surface area contributed by atoms with Gasteiger partial charge in [0.15, 0.2) is 0 Å². The van der Waals surface area contributed by atoms with E-state index in [1.54, 1.807) is 30.0 Å². The maximum absolute atomic E-state index is 13.3. The SMILES string of the molecule is CC[C@@H](C)NC(=O)[C@@H](C)N(Cc1ccc(Cl)cc1Cl)C(=O)CCc1ccc(C(C)(C)C)cc1. The Kier molecular flexibility index (Phi) is 9.81. The summed E-state index contributed by atoms with van der Waals surface area (Å²) in [7, 11) is 0. The lowest BCUT2D eigenvalue weighted by molar-refractivity contribution is -0.140. The van der Waals surface area contributed by atoms with Crippen molar-refractivity contribution in [2.75, 3.05) is 0 Å². The molecule has 1 N–H and O–H groups in total. The molecule has 2 rings (SSSR count). The number of hydrogen-bond donors (Lipinski definition) is 1. The second kappa shape index (κ2) is 11.9. The number of benzene rings is 2. The molecule has 0 spiro atoms. The Balaban J connectivity index is 2.18. The van der Waals surface area contributed by atoms with Gasteiger partial charge in [-0.1, -0.05) is 81.2 Å². The summed E-state index contributed by atoms with van der Waals surface area (Å²) in [6.45, 7) is 12.5. The second-order valence-electron chi connectivity index (χ2n) is 9.70. The fraction of sp³-hybridized carbons (Fsp3) is 0.481. The molecule has 0 fully saturated rings. The lowest BCUT2D eigenvalue weighted by Crippen LogP contribution is -2.49. The highest BCUT2D eigenvalue weighted by Crippen LogP contribution is 2.25. The zero-order valence-corrected chi connectivity index (χ0v) is 22.1. The van der Waals surface area contributed by atoms with Gasteiger partial charge in [-0.2, -0.15) is 0 Å². The molecule has 0 aromatic heterocycles. The maximum Gasteiger partial charge on any atom is 0.242 e. The van der Waals surface area contributed by atoms with Crippen molar-refractivity contribution in [1.82, 2.24) is 10.2 Å². The Hall–Kier alpha value is -2.04. The number of nitrogens with zero attached hydrogens (tertiary/aromatic N) is 1. The van der Waals surface area contributed by atoms with E-state index in [1.165, 1.54) is 5.56 Å². The molecule has 2 aromatic rings. The summed E-state index contributed by atoms with van der Waals surface area (Å²) in [4.78, 5) is 27.7. The van der Waals surface area contributed by atoms with E-state index >= 15 is 0 Å². The normalized spacial score (nSPS) is 13.3. The van der Waals surface area contributed by atoms with E-state index in [0.29, 0.717) is 22.9 Å². The van der Waals surface area contributed by atoms with Crippen LogP contribution in [0.4, 0.5) is 0 Å². The van der Waals surface area contributed by atoms with Crippen LogP contribution in [0.1, 0.15) is 71.1 Å². The van der Waals surface area contributed by atoms with E-state index in [1.807, 2.05) is 13.8 Å². The van der Waals surface area contributed by atoms with E-state index in [-0.39, 0.29) is 29.8 Å². The van der Waals surface area contributed by atoms with Gasteiger partial charge in [-0.15, -0.1) is 0 Å². The number of carbonyl (C=O) groups excluding carboxylic acids is 2. The van der Waals surface area contributed by atoms with Crippen LogP contribution in [-0.4, -0.2) is 28.8 Å². The predicted octanol–water partition coefficient (Wildman–Crippen LogP) is 6.56. The van der Waals surface area contributed by atoms with Crippen LogP contribution in [0.25, 0.3) is 0 Å². The first-order valence-corrected chi connectivity index (χ1v) is 12.3. The van der Waals surface area contributed by atoms with Crippen molar-refractivity contribution in [3.8, 4) is 0 Å². The van der Waals surface area contributed by atoms with Crippen molar-refractivity contribution in [2.45, 2.75) is 84.8 Å². The van der Waals surface area contributed by atoms with Gasteiger partial charge in [0.25, 0.3) is 0 Å². The number of carbonyl (C=O) groups is 2. The van der Waals surface area contributed by atoms with Crippen LogP contribution in [-0.2, 0) is 28.0 Å². The van der Waals surface area contributed by atoms with Crippen molar-refractivity contribution in [1.29, 1.82) is 0 Å². The standard InChI is InChI=1S/C27H36Cl2N2O2/c1-7-18(2)30-26(33)19(3)31(17-21-11-14-23(28)16-24(21)29)25(32)15-10-20-8-12-22(13-9-20)27(4,5)6/h8-9,11-14,16,18-19H,7,10,15,17H2,1-6H3,(H,30,33)/t18-,19-/m1/s1. The quantitative estimate of drug-likeness (QED) is 0.432. The van der Waals surface area contributed by atoms with Crippen molar-refractivity contribution in [3.63, 3.8) is 0 Å². The first-order chi connectivity index (χ1) is 15.4. The van der Waals surface area contributed by atoms with Crippen LogP contribution in [0, 0.1) is 0 Å². The zero-order chi connectivity index (χ0) is 24.8. The highest BCUT2D eigenvalue weighted by molar-refractivity contribution is 6.35. The molecule has 0 aliphatic rings. The average Bonchev–Trinajstić information content (AvgIpc) is 2.76. The molecule has 6 heteroatoms. The lowest BCUT2D eigenvalue weighted by atomic mass is 9.86. The highest BCUT2D eigenvalue weighted by Gasteiger charge is 2.27. The summed E-state index contributed by atoms with van der Waals surface area (Å²) < 4.78 is 0. The molecule has 180 valence electrons. The maximum atomic E-state index is 13.3. The largest absolute Gasteiger partial charge is 0.352 e. The summed E-state index contributed by atoms with van der Waals surface area (Å²) in [5.74, 6) is -0.259. The first kappa shape index (κ1) is 27.2. The molecule has 0 saturated heterocycles. The van der Waals surface area contributed by atoms with E-state index in [9.17, 15) is 9.59 Å². The molecule has 0 saturated carbocycles. The number of nitrogens with one attached hydrogen (secondary N) is 1. The van der Waals surface area contributed by atoms with Crippen molar-refractivity contribution >= 4 is 35.0 Å². The van der Waals surface area contributed by atoms with Gasteiger partial charge in [0.1, 0.15) is 6.04 Å². The van der Waals surface area contributed by atoms with Gasteiger partial charge in [-0.25, -0.2) is 0 Å². The van der Waals surface area contributed by atoms with Gasteiger partial charge in [-0.05, 0) is 60.9 Å². The molecule has 0 radical (unpaired) electrons. The fourth-order valence-corrected chi connectivity index (χ4v) is 3.92. The van der Waals surface area contributed by atoms with Crippen LogP contribution >= 0.6 is 23.2 Å². The lowest BCUT2D eigenvalue weighted by Gasteiger charge is -2.30. The van der Waals surface area contributed by atoms with Gasteiger partial charge in [0.2, 0.25) is 11.8 Å². The number of rotatable bonds is 9. The molecule has 0 aliphatic heterocycles. The van der Waals surface area contributed by atoms with Crippen molar-refractivity contribution in [2.24, 2.45) is 0 Å². The molecule has 0 heterocycles. The third-order valence-corrected chi connectivity index (χ3v) is 6.56. The Morgan fingerprint density at radius 1 is 1.03 bits per heavy atom. The van der Waals surface area contributed by atoms with Gasteiger partial charge >= 0.3 is 0 Å². The van der Waals surface area contributed by atoms with Crippen LogP contribution < -0.4 is 5.32 Å².